The van der Waals surface area contributed by atoms with Crippen LogP contribution in [0.15, 0.2) is 24.4 Å². The maximum atomic E-state index is 6.35. The fourth-order valence-electron chi connectivity index (χ4n) is 2.87. The van der Waals surface area contributed by atoms with E-state index in [-0.39, 0.29) is 0 Å². The number of pyridine rings is 1. The SMILES string of the molecule is CC(C)C[SiH](OCC1CCCCC1)c1ccccn1. The van der Waals surface area contributed by atoms with Gasteiger partial charge < -0.3 is 4.43 Å². The first kappa shape index (κ1) is 14.7. The first-order valence-electron chi connectivity index (χ1n) is 7.78. The summed E-state index contributed by atoms with van der Waals surface area (Å²) in [7, 11) is -1.33. The lowest BCUT2D eigenvalue weighted by atomic mass is 9.90. The molecule has 0 aliphatic heterocycles. The van der Waals surface area contributed by atoms with E-state index in [1.807, 2.05) is 12.3 Å². The second kappa shape index (κ2) is 7.80. The van der Waals surface area contributed by atoms with Gasteiger partial charge in [-0.1, -0.05) is 39.2 Å². The van der Waals surface area contributed by atoms with Crippen molar-refractivity contribution >= 4 is 14.4 Å². The molecule has 2 rings (SSSR count). The number of rotatable bonds is 6. The second-order valence-electron chi connectivity index (χ2n) is 6.21. The molecule has 1 unspecified atom stereocenters. The molecule has 1 aliphatic rings. The lowest BCUT2D eigenvalue weighted by Crippen LogP contribution is -2.38. The van der Waals surface area contributed by atoms with Gasteiger partial charge in [0.15, 0.2) is 0 Å². The monoisotopic (exact) mass is 277 g/mol. The summed E-state index contributed by atoms with van der Waals surface area (Å²) in [6.45, 7) is 5.54. The Bertz CT molecular complexity index is 349. The molecule has 106 valence electrons. The molecule has 1 heterocycles. The Morgan fingerprint density at radius 3 is 2.68 bits per heavy atom. The predicted octanol–water partition coefficient (Wildman–Crippen LogP) is 3.27. The van der Waals surface area contributed by atoms with Crippen LogP contribution in [0.2, 0.25) is 6.04 Å². The third-order valence-corrected chi connectivity index (χ3v) is 6.93. The molecule has 0 spiro atoms. The van der Waals surface area contributed by atoms with Crippen molar-refractivity contribution in [3.63, 3.8) is 0 Å². The molecule has 0 aromatic carbocycles. The predicted molar refractivity (Wildman–Crippen MR) is 83.2 cm³/mol. The van der Waals surface area contributed by atoms with Crippen LogP contribution in [0.3, 0.4) is 0 Å². The topological polar surface area (TPSA) is 22.1 Å². The Hall–Kier alpha value is -0.673. The molecular formula is C16H27NOSi. The summed E-state index contributed by atoms with van der Waals surface area (Å²) >= 11 is 0. The highest BCUT2D eigenvalue weighted by Gasteiger charge is 2.21. The largest absolute Gasteiger partial charge is 0.413 e. The maximum absolute atomic E-state index is 6.35. The molecular weight excluding hydrogens is 250 g/mol. The van der Waals surface area contributed by atoms with Gasteiger partial charge in [-0.2, -0.15) is 0 Å². The zero-order chi connectivity index (χ0) is 13.5. The van der Waals surface area contributed by atoms with E-state index in [0.29, 0.717) is 5.92 Å². The highest BCUT2D eigenvalue weighted by atomic mass is 28.3. The van der Waals surface area contributed by atoms with Gasteiger partial charge in [0.25, 0.3) is 0 Å². The van der Waals surface area contributed by atoms with Crippen LogP contribution in [0, 0.1) is 11.8 Å². The maximum Gasteiger partial charge on any atom is 0.227 e. The van der Waals surface area contributed by atoms with Gasteiger partial charge in [-0.15, -0.1) is 0 Å². The van der Waals surface area contributed by atoms with Gasteiger partial charge in [-0.05, 0) is 42.9 Å². The fraction of sp³-hybridized carbons (Fsp3) is 0.688. The van der Waals surface area contributed by atoms with Crippen molar-refractivity contribution in [2.75, 3.05) is 6.61 Å². The Balaban J connectivity index is 1.90. The van der Waals surface area contributed by atoms with Crippen LogP contribution in [0.4, 0.5) is 0 Å². The van der Waals surface area contributed by atoms with Crippen molar-refractivity contribution in [3.8, 4) is 0 Å². The van der Waals surface area contributed by atoms with E-state index in [0.717, 1.165) is 12.5 Å². The van der Waals surface area contributed by atoms with Crippen molar-refractivity contribution in [3.05, 3.63) is 24.4 Å². The highest BCUT2D eigenvalue weighted by Crippen LogP contribution is 2.24. The Kier molecular flexibility index (Phi) is 6.05. The lowest BCUT2D eigenvalue weighted by molar-refractivity contribution is 0.210. The average Bonchev–Trinajstić information content (AvgIpc) is 2.45. The van der Waals surface area contributed by atoms with E-state index in [9.17, 15) is 0 Å². The molecule has 1 fully saturated rings. The number of aromatic nitrogens is 1. The van der Waals surface area contributed by atoms with Crippen LogP contribution in [-0.4, -0.2) is 20.6 Å². The first-order chi connectivity index (χ1) is 9.25. The van der Waals surface area contributed by atoms with Gasteiger partial charge >= 0.3 is 0 Å². The molecule has 1 aliphatic carbocycles. The van der Waals surface area contributed by atoms with Crippen LogP contribution >= 0.6 is 0 Å². The Morgan fingerprint density at radius 2 is 2.05 bits per heavy atom. The number of hydrogen-bond donors (Lipinski definition) is 0. The zero-order valence-corrected chi connectivity index (χ0v) is 13.5. The van der Waals surface area contributed by atoms with Crippen LogP contribution in [0.5, 0.6) is 0 Å². The molecule has 0 radical (unpaired) electrons. The summed E-state index contributed by atoms with van der Waals surface area (Å²) in [5, 5.41) is 1.23. The van der Waals surface area contributed by atoms with E-state index in [2.05, 4.69) is 31.0 Å². The minimum Gasteiger partial charge on any atom is -0.413 e. The van der Waals surface area contributed by atoms with Crippen LogP contribution in [0.1, 0.15) is 46.0 Å². The summed E-state index contributed by atoms with van der Waals surface area (Å²) in [4.78, 5) is 4.53. The third kappa shape index (κ3) is 5.07. The van der Waals surface area contributed by atoms with Crippen molar-refractivity contribution < 1.29 is 4.43 Å². The van der Waals surface area contributed by atoms with Gasteiger partial charge in [0.2, 0.25) is 9.04 Å². The fourth-order valence-corrected chi connectivity index (χ4v) is 5.36. The molecule has 1 aromatic rings. The average molecular weight is 277 g/mol. The molecule has 3 heteroatoms. The number of nitrogens with zero attached hydrogens (tertiary/aromatic N) is 1. The Morgan fingerprint density at radius 1 is 1.26 bits per heavy atom. The van der Waals surface area contributed by atoms with E-state index in [1.165, 1.54) is 43.5 Å². The normalized spacial score (nSPS) is 18.7. The summed E-state index contributed by atoms with van der Waals surface area (Å²) in [5.41, 5.74) is 0. The van der Waals surface area contributed by atoms with Crippen molar-refractivity contribution in [2.24, 2.45) is 11.8 Å². The quantitative estimate of drug-likeness (QED) is 0.745. The van der Waals surface area contributed by atoms with Gasteiger partial charge in [-0.3, -0.25) is 4.98 Å². The van der Waals surface area contributed by atoms with Gasteiger partial charge in [-0.25, -0.2) is 0 Å². The summed E-state index contributed by atoms with van der Waals surface area (Å²) < 4.78 is 6.35. The van der Waals surface area contributed by atoms with Gasteiger partial charge in [0.1, 0.15) is 0 Å². The zero-order valence-electron chi connectivity index (χ0n) is 12.3. The van der Waals surface area contributed by atoms with Gasteiger partial charge in [0.05, 0.1) is 5.32 Å². The summed E-state index contributed by atoms with van der Waals surface area (Å²) in [5.74, 6) is 1.50. The van der Waals surface area contributed by atoms with Crippen LogP contribution in [-0.2, 0) is 4.43 Å². The summed E-state index contributed by atoms with van der Waals surface area (Å²) in [6.07, 6.45) is 8.85. The van der Waals surface area contributed by atoms with Crippen LogP contribution < -0.4 is 5.32 Å². The van der Waals surface area contributed by atoms with E-state index in [1.54, 1.807) is 0 Å². The Labute approximate surface area is 119 Å². The van der Waals surface area contributed by atoms with Gasteiger partial charge in [0, 0.05) is 12.8 Å². The standard InChI is InChI=1S/C16H27NOSi/c1-14(2)13-19(16-10-6-7-11-17-16)18-12-15-8-4-3-5-9-15/h6-7,10-11,14-15,19H,3-5,8-9,12-13H2,1-2H3. The number of hydrogen-bond acceptors (Lipinski definition) is 2. The molecule has 1 saturated carbocycles. The smallest absolute Gasteiger partial charge is 0.227 e. The lowest BCUT2D eigenvalue weighted by Gasteiger charge is -2.25. The van der Waals surface area contributed by atoms with Crippen molar-refractivity contribution in [1.82, 2.24) is 4.98 Å². The third-order valence-electron chi connectivity index (χ3n) is 3.96. The molecule has 0 amide bonds. The molecule has 1 atom stereocenters. The second-order valence-corrected chi connectivity index (χ2v) is 8.58. The molecule has 2 nitrogen and oxygen atoms in total. The van der Waals surface area contributed by atoms with Crippen LogP contribution in [0.25, 0.3) is 0 Å². The minimum absolute atomic E-state index is 0.699. The molecule has 19 heavy (non-hydrogen) atoms. The molecule has 0 bridgehead atoms. The van der Waals surface area contributed by atoms with Crippen molar-refractivity contribution in [2.45, 2.75) is 52.0 Å². The molecule has 1 aromatic heterocycles. The highest BCUT2D eigenvalue weighted by molar-refractivity contribution is 6.66. The minimum atomic E-state index is -1.33. The summed E-state index contributed by atoms with van der Waals surface area (Å²) in [6, 6.07) is 7.43. The molecule has 0 saturated heterocycles. The van der Waals surface area contributed by atoms with E-state index in [4.69, 9.17) is 4.43 Å². The van der Waals surface area contributed by atoms with E-state index >= 15 is 0 Å². The molecule has 0 N–H and O–H groups in total. The first-order valence-corrected chi connectivity index (χ1v) is 9.64. The van der Waals surface area contributed by atoms with Crippen molar-refractivity contribution in [1.29, 1.82) is 0 Å². The van der Waals surface area contributed by atoms with E-state index < -0.39 is 9.04 Å².